The van der Waals surface area contributed by atoms with E-state index in [9.17, 15) is 4.79 Å². The van der Waals surface area contributed by atoms with Crippen molar-refractivity contribution in [3.63, 3.8) is 0 Å². The fourth-order valence-corrected chi connectivity index (χ4v) is 1.61. The fraction of sp³-hybridized carbons (Fsp3) is 0.400. The Balaban J connectivity index is 2.13. The molecule has 1 amide bonds. The van der Waals surface area contributed by atoms with Gasteiger partial charge in [-0.2, -0.15) is 0 Å². The van der Waals surface area contributed by atoms with E-state index in [1.165, 1.54) is 0 Å². The summed E-state index contributed by atoms with van der Waals surface area (Å²) in [7, 11) is 0. The van der Waals surface area contributed by atoms with Crippen LogP contribution in [0.25, 0.3) is 0 Å². The van der Waals surface area contributed by atoms with Gasteiger partial charge in [0.05, 0.1) is 0 Å². The average Bonchev–Trinajstić information content (AvgIpc) is 2.43. The number of nitrogens with one attached hydrogen (secondary N) is 1. The van der Waals surface area contributed by atoms with Crippen molar-refractivity contribution in [2.75, 3.05) is 30.3 Å². The normalized spacial score (nSPS) is 17.1. The van der Waals surface area contributed by atoms with E-state index in [4.69, 9.17) is 5.73 Å². The molecule has 0 aliphatic carbocycles. The molecule has 3 N–H and O–H groups in total. The van der Waals surface area contributed by atoms with Gasteiger partial charge in [-0.1, -0.05) is 6.07 Å². The minimum absolute atomic E-state index is 0.0985. The Morgan fingerprint density at radius 3 is 3.07 bits per heavy atom. The summed E-state index contributed by atoms with van der Waals surface area (Å²) in [6.45, 7) is 2.14. The highest BCUT2D eigenvalue weighted by molar-refractivity contribution is 5.77. The molecule has 1 aromatic heterocycles. The maximum Gasteiger partial charge on any atom is 0.221 e. The molecular weight excluding hydrogens is 192 g/mol. The van der Waals surface area contributed by atoms with Crippen LogP contribution in [0.3, 0.4) is 0 Å². The van der Waals surface area contributed by atoms with Gasteiger partial charge in [0, 0.05) is 26.1 Å². The summed E-state index contributed by atoms with van der Waals surface area (Å²) in [6.07, 6.45) is 0.510. The number of carbonyl (C=O) groups excluding carboxylic acids is 1. The van der Waals surface area contributed by atoms with E-state index in [-0.39, 0.29) is 5.91 Å². The molecule has 1 aromatic rings. The highest BCUT2D eigenvalue weighted by Crippen LogP contribution is 2.13. The second-order valence-electron chi connectivity index (χ2n) is 3.51. The van der Waals surface area contributed by atoms with Crippen LogP contribution in [0, 0.1) is 0 Å². The number of hydrogen-bond acceptors (Lipinski definition) is 4. The van der Waals surface area contributed by atoms with Crippen LogP contribution in [0.5, 0.6) is 0 Å². The van der Waals surface area contributed by atoms with E-state index < -0.39 is 0 Å². The molecular formula is C10H14N4O. The van der Waals surface area contributed by atoms with Crippen molar-refractivity contribution in [1.29, 1.82) is 0 Å². The largest absolute Gasteiger partial charge is 0.384 e. The monoisotopic (exact) mass is 206 g/mol. The fourth-order valence-electron chi connectivity index (χ4n) is 1.61. The first-order valence-corrected chi connectivity index (χ1v) is 5.00. The molecule has 2 heterocycles. The van der Waals surface area contributed by atoms with Crippen LogP contribution in [-0.4, -0.2) is 30.5 Å². The molecule has 0 bridgehead atoms. The van der Waals surface area contributed by atoms with Crippen molar-refractivity contribution in [2.24, 2.45) is 0 Å². The van der Waals surface area contributed by atoms with Crippen molar-refractivity contribution in [3.05, 3.63) is 18.2 Å². The zero-order valence-electron chi connectivity index (χ0n) is 8.44. The van der Waals surface area contributed by atoms with Crippen LogP contribution in [0.4, 0.5) is 11.6 Å². The predicted octanol–water partition coefficient (Wildman–Crippen LogP) is -0.00990. The number of anilines is 2. The third-order valence-corrected chi connectivity index (χ3v) is 2.39. The molecule has 80 valence electrons. The van der Waals surface area contributed by atoms with Gasteiger partial charge in [0.15, 0.2) is 0 Å². The summed E-state index contributed by atoms with van der Waals surface area (Å²) in [4.78, 5) is 17.4. The molecule has 0 aromatic carbocycles. The number of nitrogens with two attached hydrogens (primary N) is 1. The molecule has 1 saturated heterocycles. The van der Waals surface area contributed by atoms with E-state index in [1.54, 1.807) is 6.07 Å². The predicted molar refractivity (Wildman–Crippen MR) is 58.5 cm³/mol. The molecule has 0 saturated carbocycles. The molecule has 5 heteroatoms. The summed E-state index contributed by atoms with van der Waals surface area (Å²) in [5.74, 6) is 1.45. The summed E-state index contributed by atoms with van der Waals surface area (Å²) >= 11 is 0. The lowest BCUT2D eigenvalue weighted by atomic mass is 10.3. The summed E-state index contributed by atoms with van der Waals surface area (Å²) in [5, 5.41) is 2.82. The molecule has 2 rings (SSSR count). The number of aromatic nitrogens is 1. The van der Waals surface area contributed by atoms with Gasteiger partial charge in [0.25, 0.3) is 0 Å². The Labute approximate surface area is 88.3 Å². The standard InChI is InChI=1S/C10H14N4O/c11-8-2-1-3-9(13-8)14-6-4-10(15)12-5-7-14/h1-3H,4-7H2,(H2,11,13)(H,12,15). The summed E-state index contributed by atoms with van der Waals surface area (Å²) in [6, 6.07) is 5.54. The lowest BCUT2D eigenvalue weighted by molar-refractivity contribution is -0.120. The molecule has 1 aliphatic rings. The Morgan fingerprint density at radius 1 is 1.40 bits per heavy atom. The van der Waals surface area contributed by atoms with Gasteiger partial charge in [0.2, 0.25) is 5.91 Å². The van der Waals surface area contributed by atoms with Gasteiger partial charge >= 0.3 is 0 Å². The van der Waals surface area contributed by atoms with E-state index in [1.807, 2.05) is 12.1 Å². The Bertz CT molecular complexity index is 366. The number of nitrogens with zero attached hydrogens (tertiary/aromatic N) is 2. The lowest BCUT2D eigenvalue weighted by Gasteiger charge is -2.20. The van der Waals surface area contributed by atoms with Gasteiger partial charge < -0.3 is 16.0 Å². The molecule has 0 spiro atoms. The second-order valence-corrected chi connectivity index (χ2v) is 3.51. The quantitative estimate of drug-likeness (QED) is 0.678. The molecule has 1 fully saturated rings. The number of amides is 1. The van der Waals surface area contributed by atoms with Crippen molar-refractivity contribution >= 4 is 17.5 Å². The Hall–Kier alpha value is -1.78. The maximum absolute atomic E-state index is 11.1. The van der Waals surface area contributed by atoms with Crippen LogP contribution in [-0.2, 0) is 4.79 Å². The van der Waals surface area contributed by atoms with Gasteiger partial charge in [0.1, 0.15) is 11.6 Å². The molecule has 0 radical (unpaired) electrons. The van der Waals surface area contributed by atoms with E-state index in [0.717, 1.165) is 12.4 Å². The van der Waals surface area contributed by atoms with Crippen LogP contribution >= 0.6 is 0 Å². The van der Waals surface area contributed by atoms with E-state index >= 15 is 0 Å². The second kappa shape index (κ2) is 4.16. The SMILES string of the molecule is Nc1cccc(N2CCNC(=O)CC2)n1. The number of rotatable bonds is 1. The molecule has 1 aliphatic heterocycles. The molecule has 15 heavy (non-hydrogen) atoms. The van der Waals surface area contributed by atoms with Gasteiger partial charge in [-0.25, -0.2) is 4.98 Å². The van der Waals surface area contributed by atoms with Crippen LogP contribution in [0.2, 0.25) is 0 Å². The summed E-state index contributed by atoms with van der Waals surface area (Å²) < 4.78 is 0. The minimum atomic E-state index is 0.0985. The third kappa shape index (κ3) is 2.37. The molecule has 5 nitrogen and oxygen atoms in total. The first-order valence-electron chi connectivity index (χ1n) is 5.00. The highest BCUT2D eigenvalue weighted by Gasteiger charge is 2.14. The van der Waals surface area contributed by atoms with Crippen molar-refractivity contribution < 1.29 is 4.79 Å². The smallest absolute Gasteiger partial charge is 0.221 e. The number of hydrogen-bond donors (Lipinski definition) is 2. The van der Waals surface area contributed by atoms with E-state index in [2.05, 4.69) is 15.2 Å². The van der Waals surface area contributed by atoms with Crippen molar-refractivity contribution in [3.8, 4) is 0 Å². The van der Waals surface area contributed by atoms with Gasteiger partial charge in [-0.3, -0.25) is 4.79 Å². The molecule has 0 atom stereocenters. The highest BCUT2D eigenvalue weighted by atomic mass is 16.1. The topological polar surface area (TPSA) is 71.2 Å². The zero-order chi connectivity index (χ0) is 10.7. The van der Waals surface area contributed by atoms with Crippen LogP contribution < -0.4 is 16.0 Å². The first-order chi connectivity index (χ1) is 7.25. The van der Waals surface area contributed by atoms with Crippen molar-refractivity contribution in [2.45, 2.75) is 6.42 Å². The van der Waals surface area contributed by atoms with Crippen molar-refractivity contribution in [1.82, 2.24) is 10.3 Å². The number of nitrogen functional groups attached to an aromatic ring is 1. The zero-order valence-corrected chi connectivity index (χ0v) is 8.44. The van der Waals surface area contributed by atoms with Crippen LogP contribution in [0.1, 0.15) is 6.42 Å². The Morgan fingerprint density at radius 2 is 2.27 bits per heavy atom. The summed E-state index contributed by atoms with van der Waals surface area (Å²) in [5.41, 5.74) is 5.61. The average molecular weight is 206 g/mol. The number of carbonyl (C=O) groups is 1. The maximum atomic E-state index is 11.1. The number of pyridine rings is 1. The lowest BCUT2D eigenvalue weighted by Crippen LogP contribution is -2.29. The third-order valence-electron chi connectivity index (χ3n) is 2.39. The van der Waals surface area contributed by atoms with Gasteiger partial charge in [-0.15, -0.1) is 0 Å². The Kier molecular flexibility index (Phi) is 2.71. The molecule has 0 unspecified atom stereocenters. The first kappa shape index (κ1) is 9.76. The van der Waals surface area contributed by atoms with Gasteiger partial charge in [-0.05, 0) is 12.1 Å². The van der Waals surface area contributed by atoms with Crippen LogP contribution in [0.15, 0.2) is 18.2 Å². The minimum Gasteiger partial charge on any atom is -0.384 e. The van der Waals surface area contributed by atoms with E-state index in [0.29, 0.717) is 25.3 Å².